The highest BCUT2D eigenvalue weighted by atomic mass is 35.5. The Morgan fingerprint density at radius 3 is 2.48 bits per heavy atom. The summed E-state index contributed by atoms with van der Waals surface area (Å²) in [6, 6.07) is 13.8. The molecule has 0 aliphatic heterocycles. The summed E-state index contributed by atoms with van der Waals surface area (Å²) in [7, 11) is 0. The van der Waals surface area contributed by atoms with Crippen LogP contribution in [-0.2, 0) is 6.18 Å². The molecule has 0 aliphatic carbocycles. The van der Waals surface area contributed by atoms with Gasteiger partial charge in [0.05, 0.1) is 16.6 Å². The van der Waals surface area contributed by atoms with E-state index in [0.717, 1.165) is 12.1 Å². The number of nitrogens with zero attached hydrogens (tertiary/aromatic N) is 1. The number of pyridine rings is 1. The van der Waals surface area contributed by atoms with Gasteiger partial charge in [-0.2, -0.15) is 13.2 Å². The van der Waals surface area contributed by atoms with Crippen LogP contribution in [0.2, 0.25) is 5.02 Å². The van der Waals surface area contributed by atoms with Crippen LogP contribution in [0.15, 0.2) is 65.1 Å². The van der Waals surface area contributed by atoms with E-state index in [1.807, 2.05) is 0 Å². The number of fused-ring (bicyclic) bond motifs is 1. The Morgan fingerprint density at radius 2 is 1.76 bits per heavy atom. The summed E-state index contributed by atoms with van der Waals surface area (Å²) in [6.45, 7) is 0. The van der Waals surface area contributed by atoms with E-state index >= 15 is 0 Å². The number of alkyl halides is 3. The molecule has 0 atom stereocenters. The van der Waals surface area contributed by atoms with Crippen LogP contribution in [0.1, 0.15) is 15.9 Å². The maximum absolute atomic E-state index is 12.9. The predicted octanol–water partition coefficient (Wildman–Crippen LogP) is 6.53. The number of carboxylic acids is 1. The average molecular weight is 418 g/mol. The number of halogens is 4. The number of hydrogen-bond acceptors (Lipinski definition) is 3. The molecule has 0 saturated heterocycles. The molecule has 0 fully saturated rings. The fourth-order valence-corrected chi connectivity index (χ4v) is 3.15. The first-order chi connectivity index (χ1) is 13.7. The molecule has 0 amide bonds. The molecule has 0 bridgehead atoms. The van der Waals surface area contributed by atoms with Gasteiger partial charge in [0.15, 0.2) is 5.76 Å². The number of aromatic carboxylic acids is 1. The van der Waals surface area contributed by atoms with Gasteiger partial charge in [-0.1, -0.05) is 23.7 Å². The van der Waals surface area contributed by atoms with Crippen molar-refractivity contribution in [3.8, 4) is 22.8 Å². The third kappa shape index (κ3) is 3.69. The van der Waals surface area contributed by atoms with Gasteiger partial charge < -0.3 is 9.52 Å². The summed E-state index contributed by atoms with van der Waals surface area (Å²) in [6.07, 6.45) is -4.47. The Bertz CT molecular complexity index is 1250. The number of furan rings is 1. The zero-order valence-corrected chi connectivity index (χ0v) is 15.3. The molecule has 4 rings (SSSR count). The second-order valence-electron chi connectivity index (χ2n) is 6.26. The lowest BCUT2D eigenvalue weighted by Gasteiger charge is -2.07. The summed E-state index contributed by atoms with van der Waals surface area (Å²) < 4.78 is 44.5. The highest BCUT2D eigenvalue weighted by molar-refractivity contribution is 6.31. The van der Waals surface area contributed by atoms with Gasteiger partial charge in [-0.05, 0) is 48.5 Å². The van der Waals surface area contributed by atoms with Crippen LogP contribution >= 0.6 is 11.6 Å². The lowest BCUT2D eigenvalue weighted by atomic mass is 10.1. The van der Waals surface area contributed by atoms with Gasteiger partial charge in [-0.3, -0.25) is 0 Å². The fourth-order valence-electron chi connectivity index (χ4n) is 2.98. The minimum Gasteiger partial charge on any atom is -0.478 e. The van der Waals surface area contributed by atoms with Crippen molar-refractivity contribution in [3.63, 3.8) is 0 Å². The molecule has 8 heteroatoms. The molecule has 0 spiro atoms. The van der Waals surface area contributed by atoms with Gasteiger partial charge in [0.1, 0.15) is 11.5 Å². The topological polar surface area (TPSA) is 63.3 Å². The molecule has 29 heavy (non-hydrogen) atoms. The van der Waals surface area contributed by atoms with Crippen molar-refractivity contribution in [2.75, 3.05) is 0 Å². The lowest BCUT2D eigenvalue weighted by molar-refractivity contribution is -0.137. The number of carboxylic acid groups (broad SMARTS) is 1. The largest absolute Gasteiger partial charge is 0.478 e. The molecule has 0 saturated carbocycles. The Morgan fingerprint density at radius 1 is 1.00 bits per heavy atom. The first kappa shape index (κ1) is 19.0. The lowest BCUT2D eigenvalue weighted by Crippen LogP contribution is -2.04. The number of rotatable bonds is 3. The summed E-state index contributed by atoms with van der Waals surface area (Å²) in [5.74, 6) is -0.719. The normalized spacial score (nSPS) is 11.7. The van der Waals surface area contributed by atoms with Gasteiger partial charge >= 0.3 is 12.1 Å². The molecule has 4 nitrogen and oxygen atoms in total. The van der Waals surface area contributed by atoms with Gasteiger partial charge in [-0.25, -0.2) is 9.78 Å². The molecule has 1 N–H and O–H groups in total. The number of benzene rings is 2. The van der Waals surface area contributed by atoms with E-state index < -0.39 is 17.7 Å². The first-order valence-corrected chi connectivity index (χ1v) is 8.71. The van der Waals surface area contributed by atoms with Crippen molar-refractivity contribution in [3.05, 3.63) is 76.8 Å². The van der Waals surface area contributed by atoms with E-state index in [9.17, 15) is 23.1 Å². The Hall–Kier alpha value is -3.32. The molecule has 0 aliphatic rings. The van der Waals surface area contributed by atoms with Crippen LogP contribution in [0, 0.1) is 0 Å². The average Bonchev–Trinajstić information content (AvgIpc) is 3.17. The van der Waals surface area contributed by atoms with Crippen molar-refractivity contribution < 1.29 is 27.5 Å². The quantitative estimate of drug-likeness (QED) is 0.411. The van der Waals surface area contributed by atoms with Crippen molar-refractivity contribution in [2.45, 2.75) is 6.18 Å². The SMILES string of the molecule is O=C(O)c1cc(-c2ccc(-c3cccc(C(F)(F)F)c3)o2)nc2ccc(Cl)cc12. The molecule has 2 heterocycles. The Balaban J connectivity index is 1.80. The van der Waals surface area contributed by atoms with E-state index in [1.54, 1.807) is 12.1 Å². The third-order valence-corrected chi connectivity index (χ3v) is 4.57. The number of carbonyl (C=O) groups is 1. The van der Waals surface area contributed by atoms with E-state index in [1.165, 1.54) is 36.4 Å². The van der Waals surface area contributed by atoms with Crippen molar-refractivity contribution in [1.29, 1.82) is 0 Å². The van der Waals surface area contributed by atoms with Crippen LogP contribution in [0.25, 0.3) is 33.7 Å². The molecule has 0 radical (unpaired) electrons. The van der Waals surface area contributed by atoms with Gasteiger partial charge in [0, 0.05) is 16.0 Å². The monoisotopic (exact) mass is 417 g/mol. The standard InChI is InChI=1S/C21H11ClF3NO3/c22-13-4-5-16-14(9-13)15(20(27)28)10-17(26-16)19-7-6-18(29-19)11-2-1-3-12(8-11)21(23,24)25/h1-10H,(H,27,28). The van der Waals surface area contributed by atoms with E-state index in [4.69, 9.17) is 16.0 Å². The fraction of sp³-hybridized carbons (Fsp3) is 0.0476. The van der Waals surface area contributed by atoms with Crippen molar-refractivity contribution in [2.24, 2.45) is 0 Å². The highest BCUT2D eigenvalue weighted by Crippen LogP contribution is 2.34. The predicted molar refractivity (Wildman–Crippen MR) is 102 cm³/mol. The van der Waals surface area contributed by atoms with E-state index in [0.29, 0.717) is 15.9 Å². The number of hydrogen-bond donors (Lipinski definition) is 1. The summed E-state index contributed by atoms with van der Waals surface area (Å²) in [5, 5.41) is 10.3. The van der Waals surface area contributed by atoms with Crippen LogP contribution in [-0.4, -0.2) is 16.1 Å². The first-order valence-electron chi connectivity index (χ1n) is 8.34. The van der Waals surface area contributed by atoms with Crippen LogP contribution in [0.3, 0.4) is 0 Å². The van der Waals surface area contributed by atoms with Crippen LogP contribution in [0.4, 0.5) is 13.2 Å². The minimum atomic E-state index is -4.47. The summed E-state index contributed by atoms with van der Waals surface area (Å²) in [4.78, 5) is 16.1. The van der Waals surface area contributed by atoms with Gasteiger partial charge in [-0.15, -0.1) is 0 Å². The molecular formula is C21H11ClF3NO3. The number of aromatic nitrogens is 1. The highest BCUT2D eigenvalue weighted by Gasteiger charge is 2.30. The second-order valence-corrected chi connectivity index (χ2v) is 6.70. The minimum absolute atomic E-state index is 0.00970. The Labute approximate surface area is 167 Å². The molecule has 2 aromatic heterocycles. The summed E-state index contributed by atoms with van der Waals surface area (Å²) >= 11 is 5.95. The van der Waals surface area contributed by atoms with Crippen LogP contribution in [0.5, 0.6) is 0 Å². The van der Waals surface area contributed by atoms with Crippen molar-refractivity contribution in [1.82, 2.24) is 4.98 Å². The maximum atomic E-state index is 12.9. The molecule has 0 unspecified atom stereocenters. The molecule has 2 aromatic carbocycles. The van der Waals surface area contributed by atoms with Crippen LogP contribution < -0.4 is 0 Å². The summed E-state index contributed by atoms with van der Waals surface area (Å²) in [5.41, 5.74) is 0.0974. The maximum Gasteiger partial charge on any atom is 0.416 e. The molecule has 4 aromatic rings. The van der Waals surface area contributed by atoms with Gasteiger partial charge in [0.25, 0.3) is 0 Å². The second kappa shape index (κ2) is 6.93. The smallest absolute Gasteiger partial charge is 0.416 e. The van der Waals surface area contributed by atoms with Crippen molar-refractivity contribution >= 4 is 28.5 Å². The van der Waals surface area contributed by atoms with E-state index in [-0.39, 0.29) is 28.3 Å². The molecular weight excluding hydrogens is 407 g/mol. The Kier molecular flexibility index (Phi) is 4.55. The zero-order valence-electron chi connectivity index (χ0n) is 14.5. The van der Waals surface area contributed by atoms with E-state index in [2.05, 4.69) is 4.98 Å². The molecule has 146 valence electrons. The zero-order chi connectivity index (χ0) is 20.8. The third-order valence-electron chi connectivity index (χ3n) is 4.33. The van der Waals surface area contributed by atoms with Gasteiger partial charge in [0.2, 0.25) is 0 Å².